The molecule has 2 aromatic rings. The van der Waals surface area contributed by atoms with Gasteiger partial charge in [0.25, 0.3) is 0 Å². The number of carbonyl (C=O) groups excluding carboxylic acids is 1. The van der Waals surface area contributed by atoms with Gasteiger partial charge in [-0.2, -0.15) is 0 Å². The maximum absolute atomic E-state index is 12.7. The van der Waals surface area contributed by atoms with E-state index in [-0.39, 0.29) is 11.7 Å². The fraction of sp³-hybridized carbons (Fsp3) is 0.0769. The van der Waals surface area contributed by atoms with E-state index in [4.69, 9.17) is 0 Å². The highest BCUT2D eigenvalue weighted by molar-refractivity contribution is 5.88. The van der Waals surface area contributed by atoms with Crippen LogP contribution in [0.15, 0.2) is 42.6 Å². The van der Waals surface area contributed by atoms with Crippen LogP contribution in [0.4, 0.5) is 21.6 Å². The lowest BCUT2D eigenvalue weighted by Gasteiger charge is -2.06. The number of benzene rings is 1. The molecular formula is C13H12FN3O. The second-order valence-corrected chi connectivity index (χ2v) is 3.75. The number of anilines is 3. The highest BCUT2D eigenvalue weighted by Gasteiger charge is 1.98. The lowest BCUT2D eigenvalue weighted by molar-refractivity contribution is -0.114. The number of nitrogens with zero attached hydrogens (tertiary/aromatic N) is 1. The van der Waals surface area contributed by atoms with E-state index in [2.05, 4.69) is 15.6 Å². The van der Waals surface area contributed by atoms with Crippen molar-refractivity contribution in [3.8, 4) is 0 Å². The van der Waals surface area contributed by atoms with Crippen molar-refractivity contribution in [2.24, 2.45) is 0 Å². The normalized spacial score (nSPS) is 9.89. The maximum atomic E-state index is 12.7. The molecule has 0 saturated heterocycles. The Morgan fingerprint density at radius 1 is 1.11 bits per heavy atom. The molecule has 0 radical (unpaired) electrons. The Hall–Kier alpha value is -2.43. The maximum Gasteiger partial charge on any atom is 0.221 e. The summed E-state index contributed by atoms with van der Waals surface area (Å²) in [4.78, 5) is 15.0. The van der Waals surface area contributed by atoms with Crippen LogP contribution in [0.5, 0.6) is 0 Å². The Bertz CT molecular complexity index is 537. The number of carbonyl (C=O) groups is 1. The summed E-state index contributed by atoms with van der Waals surface area (Å²) in [6, 6.07) is 9.45. The van der Waals surface area contributed by atoms with Crippen molar-refractivity contribution in [1.29, 1.82) is 0 Å². The highest BCUT2D eigenvalue weighted by atomic mass is 19.1. The largest absolute Gasteiger partial charge is 0.340 e. The SMILES string of the molecule is CC(=O)Nc1ccc(Nc2ccc(F)cc2)nc1. The molecule has 1 heterocycles. The number of halogens is 1. The molecule has 0 unspecified atom stereocenters. The lowest BCUT2D eigenvalue weighted by Crippen LogP contribution is -2.06. The van der Waals surface area contributed by atoms with Gasteiger partial charge in [0.2, 0.25) is 5.91 Å². The molecule has 2 N–H and O–H groups in total. The van der Waals surface area contributed by atoms with E-state index in [9.17, 15) is 9.18 Å². The van der Waals surface area contributed by atoms with E-state index in [0.29, 0.717) is 11.5 Å². The lowest BCUT2D eigenvalue weighted by atomic mass is 10.3. The number of hydrogen-bond acceptors (Lipinski definition) is 3. The molecule has 0 atom stereocenters. The van der Waals surface area contributed by atoms with Gasteiger partial charge in [-0.25, -0.2) is 9.37 Å². The average Bonchev–Trinajstić information content (AvgIpc) is 2.34. The molecule has 0 fully saturated rings. The molecule has 1 aromatic carbocycles. The second kappa shape index (κ2) is 5.27. The van der Waals surface area contributed by atoms with Crippen LogP contribution in [0.25, 0.3) is 0 Å². The number of aromatic nitrogens is 1. The van der Waals surface area contributed by atoms with Crippen molar-refractivity contribution >= 4 is 23.1 Å². The predicted octanol–water partition coefficient (Wildman–Crippen LogP) is 2.92. The molecule has 0 bridgehead atoms. The van der Waals surface area contributed by atoms with Gasteiger partial charge in [-0.1, -0.05) is 0 Å². The van der Waals surface area contributed by atoms with Crippen molar-refractivity contribution in [3.63, 3.8) is 0 Å². The Morgan fingerprint density at radius 3 is 2.33 bits per heavy atom. The van der Waals surface area contributed by atoms with Crippen LogP contribution in [0.3, 0.4) is 0 Å². The van der Waals surface area contributed by atoms with Gasteiger partial charge in [0.05, 0.1) is 11.9 Å². The smallest absolute Gasteiger partial charge is 0.221 e. The summed E-state index contributed by atoms with van der Waals surface area (Å²) in [7, 11) is 0. The number of amides is 1. The third-order valence-corrected chi connectivity index (χ3v) is 2.20. The van der Waals surface area contributed by atoms with Crippen LogP contribution in [-0.4, -0.2) is 10.9 Å². The average molecular weight is 245 g/mol. The monoisotopic (exact) mass is 245 g/mol. The quantitative estimate of drug-likeness (QED) is 0.874. The summed E-state index contributed by atoms with van der Waals surface area (Å²) < 4.78 is 12.7. The first-order valence-electron chi connectivity index (χ1n) is 5.40. The first kappa shape index (κ1) is 12.0. The third-order valence-electron chi connectivity index (χ3n) is 2.20. The zero-order chi connectivity index (χ0) is 13.0. The Balaban J connectivity index is 2.06. The molecule has 1 amide bonds. The molecular weight excluding hydrogens is 233 g/mol. The molecule has 5 heteroatoms. The number of pyridine rings is 1. The van der Waals surface area contributed by atoms with Crippen LogP contribution in [0.2, 0.25) is 0 Å². The Kier molecular flexibility index (Phi) is 3.52. The van der Waals surface area contributed by atoms with Crippen molar-refractivity contribution in [3.05, 3.63) is 48.4 Å². The molecule has 18 heavy (non-hydrogen) atoms. The van der Waals surface area contributed by atoms with Crippen LogP contribution < -0.4 is 10.6 Å². The van der Waals surface area contributed by atoms with E-state index in [1.807, 2.05) is 0 Å². The summed E-state index contributed by atoms with van der Waals surface area (Å²) in [6.45, 7) is 1.44. The van der Waals surface area contributed by atoms with Crippen molar-refractivity contribution in [1.82, 2.24) is 4.98 Å². The van der Waals surface area contributed by atoms with Gasteiger partial charge >= 0.3 is 0 Å². The van der Waals surface area contributed by atoms with E-state index in [1.165, 1.54) is 19.1 Å². The summed E-state index contributed by atoms with van der Waals surface area (Å²) >= 11 is 0. The van der Waals surface area contributed by atoms with Gasteiger partial charge in [0.1, 0.15) is 11.6 Å². The Labute approximate surface area is 104 Å². The minimum absolute atomic E-state index is 0.143. The molecule has 0 aliphatic heterocycles. The topological polar surface area (TPSA) is 54.0 Å². The fourth-order valence-corrected chi connectivity index (χ4v) is 1.43. The molecule has 0 aliphatic carbocycles. The molecule has 0 saturated carbocycles. The molecule has 4 nitrogen and oxygen atoms in total. The van der Waals surface area contributed by atoms with Gasteiger partial charge < -0.3 is 10.6 Å². The van der Waals surface area contributed by atoms with Gasteiger partial charge in [-0.05, 0) is 36.4 Å². The van der Waals surface area contributed by atoms with Gasteiger partial charge in [-0.15, -0.1) is 0 Å². The van der Waals surface area contributed by atoms with E-state index >= 15 is 0 Å². The van der Waals surface area contributed by atoms with Crippen LogP contribution in [-0.2, 0) is 4.79 Å². The molecule has 0 aliphatic rings. The summed E-state index contributed by atoms with van der Waals surface area (Å²) in [5, 5.41) is 5.65. The van der Waals surface area contributed by atoms with Crippen LogP contribution >= 0.6 is 0 Å². The van der Waals surface area contributed by atoms with E-state index in [1.54, 1.807) is 30.5 Å². The molecule has 2 rings (SSSR count). The predicted molar refractivity (Wildman–Crippen MR) is 68.2 cm³/mol. The third kappa shape index (κ3) is 3.28. The minimum atomic E-state index is -0.283. The molecule has 0 spiro atoms. The van der Waals surface area contributed by atoms with Crippen molar-refractivity contribution in [2.45, 2.75) is 6.92 Å². The second-order valence-electron chi connectivity index (χ2n) is 3.75. The van der Waals surface area contributed by atoms with Crippen molar-refractivity contribution in [2.75, 3.05) is 10.6 Å². The van der Waals surface area contributed by atoms with Gasteiger partial charge in [-0.3, -0.25) is 4.79 Å². The molecule has 92 valence electrons. The number of rotatable bonds is 3. The van der Waals surface area contributed by atoms with Crippen molar-refractivity contribution < 1.29 is 9.18 Å². The summed E-state index contributed by atoms with van der Waals surface area (Å²) in [5.41, 5.74) is 1.38. The zero-order valence-electron chi connectivity index (χ0n) is 9.77. The first-order chi connectivity index (χ1) is 8.63. The van der Waals surface area contributed by atoms with E-state index < -0.39 is 0 Å². The highest BCUT2D eigenvalue weighted by Crippen LogP contribution is 2.16. The van der Waals surface area contributed by atoms with E-state index in [0.717, 1.165) is 5.69 Å². The first-order valence-corrected chi connectivity index (χ1v) is 5.40. The zero-order valence-corrected chi connectivity index (χ0v) is 9.77. The minimum Gasteiger partial charge on any atom is -0.340 e. The standard InChI is InChI=1S/C13H12FN3O/c1-9(18)16-12-6-7-13(15-8-12)17-11-4-2-10(14)3-5-11/h2-8H,1H3,(H,15,17)(H,16,18). The fourth-order valence-electron chi connectivity index (χ4n) is 1.43. The molecule has 1 aromatic heterocycles. The summed E-state index contributed by atoms with van der Waals surface area (Å²) in [6.07, 6.45) is 1.55. The van der Waals surface area contributed by atoms with Gasteiger partial charge in [0, 0.05) is 12.6 Å². The summed E-state index contributed by atoms with van der Waals surface area (Å²) in [5.74, 6) is 0.196. The number of hydrogen-bond donors (Lipinski definition) is 2. The van der Waals surface area contributed by atoms with Gasteiger partial charge in [0.15, 0.2) is 0 Å². The Morgan fingerprint density at radius 2 is 1.78 bits per heavy atom. The van der Waals surface area contributed by atoms with Crippen LogP contribution in [0.1, 0.15) is 6.92 Å². The van der Waals surface area contributed by atoms with Crippen LogP contribution in [0, 0.1) is 5.82 Å². The number of nitrogens with one attached hydrogen (secondary N) is 2.